The van der Waals surface area contributed by atoms with Gasteiger partial charge in [-0.25, -0.2) is 4.79 Å². The quantitative estimate of drug-likeness (QED) is 0.684. The minimum atomic E-state index is -0.442. The lowest BCUT2D eigenvalue weighted by molar-refractivity contribution is -0.130. The van der Waals surface area contributed by atoms with E-state index in [4.69, 9.17) is 0 Å². The third-order valence-corrected chi connectivity index (χ3v) is 3.96. The van der Waals surface area contributed by atoms with Crippen LogP contribution in [0.25, 0.3) is 0 Å². The lowest BCUT2D eigenvalue weighted by atomic mass is 9.86. The molecule has 2 rings (SSSR count). The lowest BCUT2D eigenvalue weighted by Crippen LogP contribution is -2.43. The number of carbonyl (C=O) groups is 3. The number of nitrogens with zero attached hydrogens (tertiary/aromatic N) is 2. The number of rotatable bonds is 4. The molecule has 2 atom stereocenters. The monoisotopic (exact) mass is 283 g/mol. The smallest absolute Gasteiger partial charge is 0.327 e. The zero-order valence-corrected chi connectivity index (χ0v) is 11.7. The highest BCUT2D eigenvalue weighted by molar-refractivity contribution is 6.04. The van der Waals surface area contributed by atoms with Crippen LogP contribution in [0.2, 0.25) is 0 Å². The first-order chi connectivity index (χ1) is 9.49. The van der Waals surface area contributed by atoms with Crippen LogP contribution >= 0.6 is 0 Å². The molecule has 1 saturated heterocycles. The van der Waals surface area contributed by atoms with E-state index in [0.717, 1.165) is 30.6 Å². The Hall–Kier alpha value is -1.63. The largest absolute Gasteiger partial charge is 0.393 e. The molecule has 0 aromatic rings. The first-order valence-electron chi connectivity index (χ1n) is 6.99. The Balaban J connectivity index is 1.78. The molecule has 0 aromatic heterocycles. The van der Waals surface area contributed by atoms with E-state index < -0.39 is 6.03 Å². The molecule has 7 heteroatoms. The molecule has 1 aliphatic carbocycles. The van der Waals surface area contributed by atoms with Crippen molar-refractivity contribution in [2.24, 2.45) is 5.92 Å². The summed E-state index contributed by atoms with van der Waals surface area (Å²) in [4.78, 5) is 37.2. The Kier molecular flexibility index (Phi) is 4.59. The van der Waals surface area contributed by atoms with E-state index in [1.165, 1.54) is 11.9 Å². The molecule has 0 aromatic carbocycles. The van der Waals surface area contributed by atoms with Gasteiger partial charge in [-0.3, -0.25) is 14.5 Å². The number of imide groups is 1. The molecule has 2 N–H and O–H groups in total. The lowest BCUT2D eigenvalue weighted by Gasteiger charge is -2.27. The Morgan fingerprint density at radius 1 is 1.35 bits per heavy atom. The summed E-state index contributed by atoms with van der Waals surface area (Å²) in [7, 11) is 1.52. The summed E-state index contributed by atoms with van der Waals surface area (Å²) in [6.07, 6.45) is 3.38. The summed E-state index contributed by atoms with van der Waals surface area (Å²) in [6, 6.07) is -0.442. The molecule has 20 heavy (non-hydrogen) atoms. The molecule has 1 saturated carbocycles. The van der Waals surface area contributed by atoms with Crippen LogP contribution in [-0.2, 0) is 9.59 Å². The van der Waals surface area contributed by atoms with Crippen LogP contribution in [0.15, 0.2) is 0 Å². The normalized spacial score (nSPS) is 27.1. The maximum atomic E-state index is 11.8. The van der Waals surface area contributed by atoms with Crippen molar-refractivity contribution in [3.05, 3.63) is 0 Å². The van der Waals surface area contributed by atoms with E-state index >= 15 is 0 Å². The van der Waals surface area contributed by atoms with Gasteiger partial charge in [0.15, 0.2) is 0 Å². The molecule has 1 aliphatic heterocycles. The molecule has 0 radical (unpaired) electrons. The Bertz CT molecular complexity index is 412. The molecule has 0 bridgehead atoms. The summed E-state index contributed by atoms with van der Waals surface area (Å²) in [5.74, 6) is -0.648. The number of hydrogen-bond donors (Lipinski definition) is 2. The highest BCUT2D eigenvalue weighted by atomic mass is 16.3. The third kappa shape index (κ3) is 3.27. The molecular formula is C13H21N3O4. The van der Waals surface area contributed by atoms with E-state index in [1.807, 2.05) is 0 Å². The predicted molar refractivity (Wildman–Crippen MR) is 70.7 cm³/mol. The highest BCUT2D eigenvalue weighted by Crippen LogP contribution is 2.23. The van der Waals surface area contributed by atoms with Crippen LogP contribution in [0.1, 0.15) is 25.7 Å². The number of hydrogen-bond acceptors (Lipinski definition) is 4. The number of aliphatic hydroxyl groups excluding tert-OH is 1. The summed E-state index contributed by atoms with van der Waals surface area (Å²) < 4.78 is 0. The zero-order valence-electron chi connectivity index (χ0n) is 11.7. The molecule has 0 spiro atoms. The van der Waals surface area contributed by atoms with E-state index in [-0.39, 0.29) is 36.9 Å². The molecule has 2 fully saturated rings. The number of likely N-dealkylation sites (N-methyl/N-ethyl adjacent to an activating group) is 1. The van der Waals surface area contributed by atoms with Crippen LogP contribution in [0.5, 0.6) is 0 Å². The predicted octanol–water partition coefficient (Wildman–Crippen LogP) is -0.452. The topological polar surface area (TPSA) is 90.0 Å². The summed E-state index contributed by atoms with van der Waals surface area (Å²) in [5, 5.41) is 12.5. The van der Waals surface area contributed by atoms with Crippen molar-refractivity contribution < 1.29 is 19.5 Å². The van der Waals surface area contributed by atoms with Gasteiger partial charge in [0.05, 0.1) is 6.10 Å². The van der Waals surface area contributed by atoms with Gasteiger partial charge in [0, 0.05) is 19.5 Å². The van der Waals surface area contributed by atoms with Gasteiger partial charge in [0.1, 0.15) is 13.1 Å². The van der Waals surface area contributed by atoms with E-state index in [2.05, 4.69) is 5.32 Å². The Labute approximate surface area is 117 Å². The van der Waals surface area contributed by atoms with E-state index in [9.17, 15) is 19.5 Å². The molecule has 2 aliphatic rings. The summed E-state index contributed by atoms with van der Waals surface area (Å²) in [6.45, 7) is 0.171. The van der Waals surface area contributed by atoms with Gasteiger partial charge in [-0.05, 0) is 12.8 Å². The first kappa shape index (κ1) is 14.8. The van der Waals surface area contributed by atoms with Gasteiger partial charge in [-0.15, -0.1) is 0 Å². The van der Waals surface area contributed by atoms with Crippen molar-refractivity contribution in [3.8, 4) is 0 Å². The van der Waals surface area contributed by atoms with Crippen LogP contribution in [0, 0.1) is 5.92 Å². The number of carbonyl (C=O) groups excluding carboxylic acids is 3. The fraction of sp³-hybridized carbons (Fsp3) is 0.769. The molecule has 112 valence electrons. The second-order valence-electron chi connectivity index (χ2n) is 5.53. The van der Waals surface area contributed by atoms with Gasteiger partial charge in [-0.2, -0.15) is 0 Å². The highest BCUT2D eigenvalue weighted by Gasteiger charge is 2.34. The van der Waals surface area contributed by atoms with Crippen LogP contribution in [0.3, 0.4) is 0 Å². The van der Waals surface area contributed by atoms with Crippen molar-refractivity contribution in [1.29, 1.82) is 0 Å². The maximum absolute atomic E-state index is 11.8. The number of aliphatic hydroxyl groups is 1. The fourth-order valence-corrected chi connectivity index (χ4v) is 2.70. The minimum Gasteiger partial charge on any atom is -0.393 e. The molecule has 4 amide bonds. The maximum Gasteiger partial charge on any atom is 0.327 e. The average molecular weight is 283 g/mol. The summed E-state index contributed by atoms with van der Waals surface area (Å²) in [5.41, 5.74) is 0. The van der Waals surface area contributed by atoms with Gasteiger partial charge in [0.2, 0.25) is 5.91 Å². The fourth-order valence-electron chi connectivity index (χ4n) is 2.70. The van der Waals surface area contributed by atoms with Gasteiger partial charge >= 0.3 is 6.03 Å². The van der Waals surface area contributed by atoms with Crippen molar-refractivity contribution in [2.45, 2.75) is 31.8 Å². The van der Waals surface area contributed by atoms with E-state index in [1.54, 1.807) is 0 Å². The molecule has 1 heterocycles. The van der Waals surface area contributed by atoms with E-state index in [0.29, 0.717) is 6.54 Å². The van der Waals surface area contributed by atoms with Gasteiger partial charge < -0.3 is 15.3 Å². The number of nitrogens with one attached hydrogen (secondary N) is 1. The van der Waals surface area contributed by atoms with Gasteiger partial charge in [-0.1, -0.05) is 12.8 Å². The molecule has 2 unspecified atom stereocenters. The molecular weight excluding hydrogens is 262 g/mol. The number of urea groups is 1. The SMILES string of the molecule is CN1CC(=O)N(CC(=O)NCC2CCCCC2O)C1=O. The standard InChI is InChI=1S/C13H21N3O4/c1-15-8-12(19)16(13(15)20)7-11(18)14-6-9-4-2-3-5-10(9)17/h9-10,17H,2-8H2,1H3,(H,14,18). The Morgan fingerprint density at radius 2 is 2.05 bits per heavy atom. The third-order valence-electron chi connectivity index (χ3n) is 3.96. The second kappa shape index (κ2) is 6.21. The van der Waals surface area contributed by atoms with Gasteiger partial charge in [0.25, 0.3) is 5.91 Å². The van der Waals surface area contributed by atoms with Crippen molar-refractivity contribution in [3.63, 3.8) is 0 Å². The van der Waals surface area contributed by atoms with Crippen LogP contribution in [-0.4, -0.2) is 65.5 Å². The number of amides is 4. The van der Waals surface area contributed by atoms with Crippen molar-refractivity contribution >= 4 is 17.8 Å². The van der Waals surface area contributed by atoms with Crippen molar-refractivity contribution in [2.75, 3.05) is 26.7 Å². The average Bonchev–Trinajstić information content (AvgIpc) is 2.64. The minimum absolute atomic E-state index is 0.0213. The first-order valence-corrected chi connectivity index (χ1v) is 6.99. The Morgan fingerprint density at radius 3 is 2.65 bits per heavy atom. The van der Waals surface area contributed by atoms with Crippen LogP contribution in [0.4, 0.5) is 4.79 Å². The van der Waals surface area contributed by atoms with Crippen molar-refractivity contribution in [1.82, 2.24) is 15.1 Å². The zero-order chi connectivity index (χ0) is 14.7. The molecule has 7 nitrogen and oxygen atoms in total. The summed E-state index contributed by atoms with van der Waals surface area (Å²) >= 11 is 0. The van der Waals surface area contributed by atoms with Crippen LogP contribution < -0.4 is 5.32 Å². The second-order valence-corrected chi connectivity index (χ2v) is 5.53.